The van der Waals surface area contributed by atoms with Gasteiger partial charge in [-0.3, -0.25) is 0 Å². The van der Waals surface area contributed by atoms with Crippen molar-refractivity contribution in [2.24, 2.45) is 0 Å². The third kappa shape index (κ3) is 4.85. The maximum atomic E-state index is 12.2. The molecule has 1 N–H and O–H groups in total. The van der Waals surface area contributed by atoms with Gasteiger partial charge in [-0.25, -0.2) is 4.79 Å². The van der Waals surface area contributed by atoms with Crippen LogP contribution < -0.4 is 0 Å². The Balaban J connectivity index is 2.08. The second-order valence-electron chi connectivity index (χ2n) is 6.97. The molecule has 0 spiro atoms. The summed E-state index contributed by atoms with van der Waals surface area (Å²) in [6, 6.07) is 24.5. The largest absolute Gasteiger partial charge is 0.478 e. The van der Waals surface area contributed by atoms with E-state index >= 15 is 0 Å². The topological polar surface area (TPSA) is 37.3 Å². The molecule has 0 aliphatic rings. The van der Waals surface area contributed by atoms with E-state index < -0.39 is 5.97 Å². The van der Waals surface area contributed by atoms with Crippen LogP contribution in [0.4, 0.5) is 0 Å². The molecule has 0 saturated carbocycles. The van der Waals surface area contributed by atoms with Crippen molar-refractivity contribution in [1.82, 2.24) is 0 Å². The lowest BCUT2D eigenvalue weighted by atomic mass is 9.87. The van der Waals surface area contributed by atoms with Crippen molar-refractivity contribution in [2.75, 3.05) is 0 Å². The quantitative estimate of drug-likeness (QED) is 0.543. The van der Waals surface area contributed by atoms with Crippen LogP contribution >= 0.6 is 0 Å². The van der Waals surface area contributed by atoms with Gasteiger partial charge in [0.25, 0.3) is 0 Å². The first-order valence-corrected chi connectivity index (χ1v) is 9.63. The average Bonchev–Trinajstić information content (AvgIpc) is 2.69. The van der Waals surface area contributed by atoms with Crippen LogP contribution in [-0.2, 0) is 19.3 Å². The minimum atomic E-state index is -0.818. The highest BCUT2D eigenvalue weighted by Crippen LogP contribution is 2.26. The monoisotopic (exact) mass is 358 g/mol. The fourth-order valence-corrected chi connectivity index (χ4v) is 3.56. The van der Waals surface area contributed by atoms with Crippen molar-refractivity contribution >= 4 is 5.97 Å². The summed E-state index contributed by atoms with van der Waals surface area (Å²) in [4.78, 5) is 12.2. The van der Waals surface area contributed by atoms with Crippen molar-refractivity contribution < 1.29 is 9.90 Å². The summed E-state index contributed by atoms with van der Waals surface area (Å²) >= 11 is 0. The summed E-state index contributed by atoms with van der Waals surface area (Å²) in [5, 5.41) is 10.0. The van der Waals surface area contributed by atoms with Crippen LogP contribution in [0.5, 0.6) is 0 Å². The van der Waals surface area contributed by atoms with Gasteiger partial charge in [-0.15, -0.1) is 0 Å². The van der Waals surface area contributed by atoms with Gasteiger partial charge in [0.2, 0.25) is 0 Å². The summed E-state index contributed by atoms with van der Waals surface area (Å²) in [5.74, 6) is -0.818. The molecule has 0 amide bonds. The van der Waals surface area contributed by atoms with Gasteiger partial charge in [-0.05, 0) is 53.5 Å². The molecule has 0 atom stereocenters. The average molecular weight is 358 g/mol. The predicted molar refractivity (Wildman–Crippen MR) is 111 cm³/mol. The number of carboxylic acids is 1. The Kier molecular flexibility index (Phi) is 6.43. The van der Waals surface area contributed by atoms with E-state index in [0.717, 1.165) is 47.9 Å². The van der Waals surface area contributed by atoms with Crippen LogP contribution in [0.25, 0.3) is 0 Å². The Morgan fingerprint density at radius 2 is 1.33 bits per heavy atom. The third-order valence-corrected chi connectivity index (χ3v) is 4.97. The fraction of sp³-hybridized carbons (Fsp3) is 0.240. The first-order valence-electron chi connectivity index (χ1n) is 9.63. The molecule has 2 heteroatoms. The summed E-state index contributed by atoms with van der Waals surface area (Å²) in [5.41, 5.74) is 5.84. The van der Waals surface area contributed by atoms with Crippen molar-refractivity contribution in [2.45, 2.75) is 39.0 Å². The number of unbranched alkanes of at least 4 members (excludes halogenated alkanes) is 1. The molecule has 0 unspecified atom stereocenters. The molecule has 0 aliphatic heterocycles. The van der Waals surface area contributed by atoms with Crippen molar-refractivity contribution in [3.63, 3.8) is 0 Å². The van der Waals surface area contributed by atoms with Gasteiger partial charge in [-0.1, -0.05) is 86.1 Å². The first-order chi connectivity index (χ1) is 13.2. The van der Waals surface area contributed by atoms with Crippen molar-refractivity contribution in [1.29, 1.82) is 0 Å². The number of aryl methyl sites for hydroxylation is 1. The molecule has 27 heavy (non-hydrogen) atoms. The van der Waals surface area contributed by atoms with Crippen LogP contribution in [0.1, 0.15) is 57.9 Å². The lowest BCUT2D eigenvalue weighted by molar-refractivity contribution is 0.0694. The first kappa shape index (κ1) is 18.9. The SMILES string of the molecule is CCCCc1ccc(Cc2ccccc2)c(Cc2ccccc2)c1C(=O)O. The predicted octanol–water partition coefficient (Wildman–Crippen LogP) is 5.91. The molecule has 0 heterocycles. The summed E-state index contributed by atoms with van der Waals surface area (Å²) < 4.78 is 0. The maximum absolute atomic E-state index is 12.2. The number of carbonyl (C=O) groups is 1. The van der Waals surface area contributed by atoms with Gasteiger partial charge in [0.05, 0.1) is 5.56 Å². The zero-order valence-electron chi connectivity index (χ0n) is 15.8. The second kappa shape index (κ2) is 9.18. The molecule has 0 aliphatic carbocycles. The van der Waals surface area contributed by atoms with Crippen molar-refractivity contribution in [3.8, 4) is 0 Å². The number of carboxylic acid groups (broad SMARTS) is 1. The van der Waals surface area contributed by atoms with Crippen LogP contribution in [0.15, 0.2) is 72.8 Å². The number of rotatable bonds is 8. The molecule has 3 rings (SSSR count). The maximum Gasteiger partial charge on any atom is 0.336 e. The lowest BCUT2D eigenvalue weighted by Crippen LogP contribution is -2.11. The van der Waals surface area contributed by atoms with Gasteiger partial charge in [0.15, 0.2) is 0 Å². The van der Waals surface area contributed by atoms with E-state index in [-0.39, 0.29) is 0 Å². The minimum Gasteiger partial charge on any atom is -0.478 e. The summed E-state index contributed by atoms with van der Waals surface area (Å²) in [6.45, 7) is 2.13. The van der Waals surface area contributed by atoms with Gasteiger partial charge < -0.3 is 5.11 Å². The molecule has 0 radical (unpaired) electrons. The van der Waals surface area contributed by atoms with E-state index in [4.69, 9.17) is 0 Å². The van der Waals surface area contributed by atoms with Gasteiger partial charge in [-0.2, -0.15) is 0 Å². The third-order valence-electron chi connectivity index (χ3n) is 4.97. The smallest absolute Gasteiger partial charge is 0.336 e. The lowest BCUT2D eigenvalue weighted by Gasteiger charge is -2.17. The number of hydrogen-bond donors (Lipinski definition) is 1. The van der Waals surface area contributed by atoms with E-state index in [1.807, 2.05) is 42.5 Å². The summed E-state index contributed by atoms with van der Waals surface area (Å²) in [7, 11) is 0. The van der Waals surface area contributed by atoms with Crippen LogP contribution in [0, 0.1) is 0 Å². The fourth-order valence-electron chi connectivity index (χ4n) is 3.56. The number of aromatic carboxylic acids is 1. The highest BCUT2D eigenvalue weighted by molar-refractivity contribution is 5.92. The molecule has 0 aromatic heterocycles. The molecule has 2 nitrogen and oxygen atoms in total. The Bertz CT molecular complexity index is 883. The van der Waals surface area contributed by atoms with Crippen molar-refractivity contribution in [3.05, 3.63) is 106 Å². The zero-order chi connectivity index (χ0) is 19.1. The molecule has 0 fully saturated rings. The zero-order valence-corrected chi connectivity index (χ0v) is 15.8. The van der Waals surface area contributed by atoms with E-state index in [1.165, 1.54) is 5.56 Å². The highest BCUT2D eigenvalue weighted by Gasteiger charge is 2.19. The van der Waals surface area contributed by atoms with Gasteiger partial charge in [0, 0.05) is 0 Å². The van der Waals surface area contributed by atoms with E-state index in [2.05, 4.69) is 37.3 Å². The van der Waals surface area contributed by atoms with E-state index in [0.29, 0.717) is 12.0 Å². The van der Waals surface area contributed by atoms with Gasteiger partial charge in [0.1, 0.15) is 0 Å². The second-order valence-corrected chi connectivity index (χ2v) is 6.97. The highest BCUT2D eigenvalue weighted by atomic mass is 16.4. The number of hydrogen-bond acceptors (Lipinski definition) is 1. The minimum absolute atomic E-state index is 0.501. The molecule has 3 aromatic rings. The van der Waals surface area contributed by atoms with Crippen LogP contribution in [0.2, 0.25) is 0 Å². The standard InChI is InChI=1S/C25H26O2/c1-2-3-14-21-15-16-22(17-19-10-6-4-7-11-19)23(24(21)25(26)27)18-20-12-8-5-9-13-20/h4-13,15-16H,2-3,14,17-18H2,1H3,(H,26,27). The Morgan fingerprint density at radius 3 is 1.89 bits per heavy atom. The molecular weight excluding hydrogens is 332 g/mol. The van der Waals surface area contributed by atoms with Crippen LogP contribution in [-0.4, -0.2) is 11.1 Å². The summed E-state index contributed by atoms with van der Waals surface area (Å²) in [6.07, 6.45) is 4.26. The van der Waals surface area contributed by atoms with Gasteiger partial charge >= 0.3 is 5.97 Å². The Morgan fingerprint density at radius 1 is 0.778 bits per heavy atom. The number of benzene rings is 3. The Labute approximate surface area is 161 Å². The van der Waals surface area contributed by atoms with Crippen LogP contribution in [0.3, 0.4) is 0 Å². The molecule has 3 aromatic carbocycles. The molecule has 0 saturated heterocycles. The van der Waals surface area contributed by atoms with E-state index in [9.17, 15) is 9.90 Å². The molecule has 138 valence electrons. The normalized spacial score (nSPS) is 10.7. The molecular formula is C25H26O2. The van der Waals surface area contributed by atoms with E-state index in [1.54, 1.807) is 0 Å². The molecule has 0 bridgehead atoms. The Hall–Kier alpha value is -2.87.